The lowest BCUT2D eigenvalue weighted by Gasteiger charge is -1.96. The summed E-state index contributed by atoms with van der Waals surface area (Å²) in [6.45, 7) is 0. The fourth-order valence-electron chi connectivity index (χ4n) is 1.42. The van der Waals surface area contributed by atoms with Crippen LogP contribution in [0.2, 0.25) is 0 Å². The van der Waals surface area contributed by atoms with Crippen LogP contribution in [-0.4, -0.2) is 12.0 Å². The molecule has 0 saturated heterocycles. The predicted octanol–water partition coefficient (Wildman–Crippen LogP) is 3.85. The molecule has 0 bridgehead atoms. The monoisotopic (exact) mass is 275 g/mol. The summed E-state index contributed by atoms with van der Waals surface area (Å²) < 4.78 is 6.09. The number of nitriles is 1. The number of ketones is 1. The van der Waals surface area contributed by atoms with E-state index in [0.717, 1.165) is 9.77 Å². The van der Waals surface area contributed by atoms with Gasteiger partial charge in [0.25, 0.3) is 0 Å². The van der Waals surface area contributed by atoms with Crippen molar-refractivity contribution in [2.45, 2.75) is 4.21 Å². The Bertz CT molecular complexity index is 618. The average molecular weight is 275 g/mol. The molecule has 0 aliphatic rings. The fourth-order valence-corrected chi connectivity index (χ4v) is 2.94. The molecule has 2 aromatic rings. The zero-order valence-corrected chi connectivity index (χ0v) is 11.2. The van der Waals surface area contributed by atoms with Crippen LogP contribution in [0.5, 0.6) is 0 Å². The molecule has 3 nitrogen and oxygen atoms in total. The van der Waals surface area contributed by atoms with Gasteiger partial charge in [0.15, 0.2) is 5.76 Å². The lowest BCUT2D eigenvalue weighted by atomic mass is 10.1. The van der Waals surface area contributed by atoms with Crippen LogP contribution in [-0.2, 0) is 0 Å². The van der Waals surface area contributed by atoms with Gasteiger partial charge in [0, 0.05) is 5.56 Å². The minimum absolute atomic E-state index is 0.0821. The highest BCUT2D eigenvalue weighted by Gasteiger charge is 2.15. The Labute approximate surface area is 113 Å². The first kappa shape index (κ1) is 12.7. The highest BCUT2D eigenvalue weighted by Crippen LogP contribution is 2.28. The van der Waals surface area contributed by atoms with Crippen LogP contribution in [0.1, 0.15) is 16.1 Å². The zero-order valence-electron chi connectivity index (χ0n) is 9.54. The van der Waals surface area contributed by atoms with Gasteiger partial charge in [0.1, 0.15) is 11.6 Å². The number of hydrogen-bond acceptors (Lipinski definition) is 5. The quantitative estimate of drug-likeness (QED) is 0.368. The van der Waals surface area contributed by atoms with Crippen molar-refractivity contribution in [2.75, 3.05) is 6.26 Å². The van der Waals surface area contributed by atoms with E-state index in [-0.39, 0.29) is 17.1 Å². The molecule has 2 heterocycles. The Balaban J connectivity index is 2.35. The topological polar surface area (TPSA) is 54.0 Å². The molecule has 0 aliphatic heterocycles. The molecule has 90 valence electrons. The van der Waals surface area contributed by atoms with Crippen LogP contribution in [0.15, 0.2) is 44.0 Å². The van der Waals surface area contributed by atoms with Crippen molar-refractivity contribution < 1.29 is 9.21 Å². The second-order valence-corrected chi connectivity index (χ2v) is 5.33. The number of nitrogens with zero attached hydrogens (tertiary/aromatic N) is 1. The minimum atomic E-state index is -0.388. The predicted molar refractivity (Wildman–Crippen MR) is 72.7 cm³/mol. The van der Waals surface area contributed by atoms with E-state index in [1.807, 2.05) is 23.8 Å². The van der Waals surface area contributed by atoms with E-state index in [0.29, 0.717) is 0 Å². The van der Waals surface area contributed by atoms with Crippen LogP contribution < -0.4 is 0 Å². The van der Waals surface area contributed by atoms with Crippen molar-refractivity contribution >= 4 is 35.0 Å². The summed E-state index contributed by atoms with van der Waals surface area (Å²) in [6.07, 6.45) is 4.98. The largest absolute Gasteiger partial charge is 0.461 e. The molecule has 5 heteroatoms. The number of carbonyl (C=O) groups excluding carboxylic acids is 1. The van der Waals surface area contributed by atoms with Crippen LogP contribution >= 0.6 is 23.1 Å². The van der Waals surface area contributed by atoms with E-state index in [9.17, 15) is 4.79 Å². The molecule has 0 atom stereocenters. The van der Waals surface area contributed by atoms with E-state index in [2.05, 4.69) is 0 Å². The molecule has 2 rings (SSSR count). The van der Waals surface area contributed by atoms with Gasteiger partial charge in [0.05, 0.1) is 10.5 Å². The SMILES string of the molecule is CSc1sccc1C=C(C#N)C(=O)c1ccco1. The molecule has 0 aromatic carbocycles. The van der Waals surface area contributed by atoms with Gasteiger partial charge in [-0.15, -0.1) is 23.1 Å². The molecule has 0 unspecified atom stereocenters. The Hall–Kier alpha value is -1.77. The smallest absolute Gasteiger partial charge is 0.238 e. The molecule has 0 radical (unpaired) electrons. The third-order valence-corrected chi connectivity index (χ3v) is 4.37. The van der Waals surface area contributed by atoms with Crippen molar-refractivity contribution in [3.05, 3.63) is 46.7 Å². The maximum atomic E-state index is 12.0. The zero-order chi connectivity index (χ0) is 13.0. The Morgan fingerprint density at radius 1 is 1.56 bits per heavy atom. The van der Waals surface area contributed by atoms with Gasteiger partial charge in [-0.05, 0) is 35.9 Å². The van der Waals surface area contributed by atoms with Gasteiger partial charge in [-0.1, -0.05) is 0 Å². The van der Waals surface area contributed by atoms with Crippen LogP contribution in [0, 0.1) is 11.3 Å². The van der Waals surface area contributed by atoms with Crippen molar-refractivity contribution in [3.8, 4) is 6.07 Å². The summed E-state index contributed by atoms with van der Waals surface area (Å²) >= 11 is 3.18. The van der Waals surface area contributed by atoms with Crippen LogP contribution in [0.25, 0.3) is 6.08 Å². The highest BCUT2D eigenvalue weighted by molar-refractivity contribution is 8.00. The first-order chi connectivity index (χ1) is 8.76. The van der Waals surface area contributed by atoms with E-state index in [1.165, 1.54) is 6.26 Å². The fraction of sp³-hybridized carbons (Fsp3) is 0.0769. The average Bonchev–Trinajstić information content (AvgIpc) is 3.05. The number of hydrogen-bond donors (Lipinski definition) is 0. The second kappa shape index (κ2) is 5.71. The summed E-state index contributed by atoms with van der Waals surface area (Å²) in [4.78, 5) is 12.0. The molecule has 0 fully saturated rings. The molecule has 0 spiro atoms. The molecule has 0 amide bonds. The third-order valence-electron chi connectivity index (χ3n) is 2.25. The second-order valence-electron chi connectivity index (χ2n) is 3.34. The minimum Gasteiger partial charge on any atom is -0.461 e. The number of Topliss-reactive ketones (excluding diaryl/α,β-unsaturated/α-hetero) is 1. The first-order valence-electron chi connectivity index (χ1n) is 5.07. The Morgan fingerprint density at radius 2 is 2.39 bits per heavy atom. The van der Waals surface area contributed by atoms with Gasteiger partial charge in [-0.3, -0.25) is 4.79 Å². The molecule has 0 aliphatic carbocycles. The van der Waals surface area contributed by atoms with E-state index in [4.69, 9.17) is 9.68 Å². The van der Waals surface area contributed by atoms with Crippen molar-refractivity contribution in [3.63, 3.8) is 0 Å². The number of carbonyl (C=O) groups is 1. The van der Waals surface area contributed by atoms with Gasteiger partial charge < -0.3 is 4.42 Å². The van der Waals surface area contributed by atoms with Crippen molar-refractivity contribution in [1.82, 2.24) is 0 Å². The number of furan rings is 1. The number of rotatable bonds is 4. The van der Waals surface area contributed by atoms with Gasteiger partial charge in [-0.2, -0.15) is 5.26 Å². The maximum absolute atomic E-state index is 12.0. The summed E-state index contributed by atoms with van der Waals surface area (Å²) in [5.74, 6) is -0.204. The van der Waals surface area contributed by atoms with Crippen LogP contribution in [0.3, 0.4) is 0 Å². The van der Waals surface area contributed by atoms with E-state index in [1.54, 1.807) is 41.3 Å². The standard InChI is InChI=1S/C13H9NO2S2/c1-17-13-9(4-6-18-13)7-10(8-14)12(15)11-3-2-5-16-11/h2-7H,1H3. The summed E-state index contributed by atoms with van der Waals surface area (Å²) in [6, 6.07) is 7.00. The lowest BCUT2D eigenvalue weighted by Crippen LogP contribution is -1.99. The molecule has 18 heavy (non-hydrogen) atoms. The molecule has 2 aromatic heterocycles. The van der Waals surface area contributed by atoms with Crippen molar-refractivity contribution in [1.29, 1.82) is 5.26 Å². The molecular weight excluding hydrogens is 266 g/mol. The first-order valence-corrected chi connectivity index (χ1v) is 7.18. The van der Waals surface area contributed by atoms with Crippen molar-refractivity contribution in [2.24, 2.45) is 0 Å². The summed E-state index contributed by atoms with van der Waals surface area (Å²) in [5, 5.41) is 11.0. The third kappa shape index (κ3) is 2.55. The maximum Gasteiger partial charge on any atom is 0.238 e. The normalized spacial score (nSPS) is 11.2. The summed E-state index contributed by atoms with van der Waals surface area (Å²) in [7, 11) is 0. The van der Waals surface area contributed by atoms with Gasteiger partial charge in [0.2, 0.25) is 5.78 Å². The number of thiophene rings is 1. The molecule has 0 N–H and O–H groups in total. The Kier molecular flexibility index (Phi) is 4.03. The van der Waals surface area contributed by atoms with Gasteiger partial charge >= 0.3 is 0 Å². The lowest BCUT2D eigenvalue weighted by molar-refractivity contribution is 0.101. The van der Waals surface area contributed by atoms with Crippen LogP contribution in [0.4, 0.5) is 0 Å². The van der Waals surface area contributed by atoms with Gasteiger partial charge in [-0.25, -0.2) is 0 Å². The number of thioether (sulfide) groups is 1. The molecular formula is C13H9NO2S2. The number of allylic oxidation sites excluding steroid dienone is 1. The molecule has 0 saturated carbocycles. The summed E-state index contributed by atoms with van der Waals surface area (Å²) in [5.41, 5.74) is 0.975. The van der Waals surface area contributed by atoms with E-state index >= 15 is 0 Å². The Morgan fingerprint density at radius 3 is 3.00 bits per heavy atom. The highest BCUT2D eigenvalue weighted by atomic mass is 32.2. The van der Waals surface area contributed by atoms with E-state index < -0.39 is 0 Å².